The second kappa shape index (κ2) is 11.2. The van der Waals surface area contributed by atoms with Crippen LogP contribution < -0.4 is 0 Å². The average molecular weight is 620 g/mol. The van der Waals surface area contributed by atoms with Crippen molar-refractivity contribution in [3.63, 3.8) is 0 Å². The van der Waals surface area contributed by atoms with Crippen LogP contribution in [0.5, 0.6) is 0 Å². The van der Waals surface area contributed by atoms with Gasteiger partial charge in [0.25, 0.3) is 0 Å². The van der Waals surface area contributed by atoms with E-state index < -0.39 is 131 Å². The summed E-state index contributed by atoms with van der Waals surface area (Å²) < 4.78 is 162. The highest BCUT2D eigenvalue weighted by Crippen LogP contribution is 2.38. The summed E-state index contributed by atoms with van der Waals surface area (Å²) in [5, 5.41) is -0.939. The molecule has 0 radical (unpaired) electrons. The number of furan rings is 1. The van der Waals surface area contributed by atoms with Crippen LogP contribution >= 0.6 is 0 Å². The van der Waals surface area contributed by atoms with Gasteiger partial charge in [-0.15, -0.1) is 0 Å². The molecular weight excluding hydrogens is 574 g/mol. The third-order valence-corrected chi connectivity index (χ3v) is 7.37. The maximum Gasteiger partial charge on any atom is 0.164 e. The molecule has 0 amide bonds. The summed E-state index contributed by atoms with van der Waals surface area (Å²) >= 11 is 0. The monoisotopic (exact) mass is 619 g/mol. The Hall–Kier alpha value is -6.39. The van der Waals surface area contributed by atoms with Gasteiger partial charge in [0.05, 0.1) is 24.7 Å². The summed E-state index contributed by atoms with van der Waals surface area (Å²) in [6, 6.07) is 3.45. The van der Waals surface area contributed by atoms with Gasteiger partial charge in [0.2, 0.25) is 0 Å². The number of benzene rings is 7. The SMILES string of the molecule is [2H]c1c([2H])c([2H])c(-c2c([2H])c([2H])c3c([2H])c(-c4nc(-c5ccccc5)nc(-c5cccc(-c6c([2H])c([2H])c([2H])c7oc8c([2H])c([2H])c([2H])c([2H])c8c67)c5)n4)c([2H])c([2H])c3c2[2H])c([2H])c1[2H]. The minimum atomic E-state index is -0.756. The highest BCUT2D eigenvalue weighted by Gasteiger charge is 2.16. The van der Waals surface area contributed by atoms with Crippen LogP contribution in [-0.2, 0) is 0 Å². The van der Waals surface area contributed by atoms with Gasteiger partial charge in [-0.25, -0.2) is 15.0 Å². The lowest BCUT2D eigenvalue weighted by Gasteiger charge is -2.11. The van der Waals surface area contributed by atoms with E-state index in [1.165, 1.54) is 6.07 Å². The van der Waals surface area contributed by atoms with Crippen molar-refractivity contribution in [2.45, 2.75) is 0 Å². The molecule has 0 unspecified atom stereocenters. The molecule has 4 nitrogen and oxygen atoms in total. The normalized spacial score (nSPS) is 16.8. The molecule has 9 aromatic rings. The number of hydrogen-bond acceptors (Lipinski definition) is 4. The third kappa shape index (κ3) is 4.93. The molecule has 47 heavy (non-hydrogen) atoms. The largest absolute Gasteiger partial charge is 0.456 e. The van der Waals surface area contributed by atoms with E-state index in [4.69, 9.17) is 31.3 Å². The molecule has 0 aliphatic rings. The number of nitrogens with zero attached hydrogens (tertiary/aromatic N) is 3. The summed E-state index contributed by atoms with van der Waals surface area (Å²) in [6.45, 7) is 0. The summed E-state index contributed by atoms with van der Waals surface area (Å²) in [7, 11) is 0. The van der Waals surface area contributed by atoms with Crippen LogP contribution in [0.2, 0.25) is 0 Å². The summed E-state index contributed by atoms with van der Waals surface area (Å²) in [4.78, 5) is 14.0. The van der Waals surface area contributed by atoms with Gasteiger partial charge in [-0.05, 0) is 63.3 Å². The fourth-order valence-corrected chi connectivity index (χ4v) is 5.21. The molecule has 9 rings (SSSR count). The van der Waals surface area contributed by atoms with Crippen molar-refractivity contribution in [1.29, 1.82) is 0 Å². The van der Waals surface area contributed by atoms with Gasteiger partial charge in [-0.1, -0.05) is 133 Å². The molecule has 0 bridgehead atoms. The van der Waals surface area contributed by atoms with Crippen LogP contribution in [0.25, 0.3) is 89.1 Å². The van der Waals surface area contributed by atoms with Crippen LogP contribution in [-0.4, -0.2) is 15.0 Å². The van der Waals surface area contributed by atoms with Crippen molar-refractivity contribution >= 4 is 32.7 Å². The minimum Gasteiger partial charge on any atom is -0.456 e. The Bertz CT molecular complexity index is 3570. The van der Waals surface area contributed by atoms with Crippen LogP contribution in [0.15, 0.2) is 168 Å². The minimum absolute atomic E-state index is 0.0109. The topological polar surface area (TPSA) is 51.8 Å². The van der Waals surface area contributed by atoms with Gasteiger partial charge in [-0.2, -0.15) is 0 Å². The van der Waals surface area contributed by atoms with Crippen molar-refractivity contribution in [2.24, 2.45) is 0 Å². The van der Waals surface area contributed by atoms with Gasteiger partial charge >= 0.3 is 0 Å². The fourth-order valence-electron chi connectivity index (χ4n) is 5.21. The maximum absolute atomic E-state index is 9.38. The highest BCUT2D eigenvalue weighted by atomic mass is 16.3. The summed E-state index contributed by atoms with van der Waals surface area (Å²) in [6.07, 6.45) is 0. The smallest absolute Gasteiger partial charge is 0.164 e. The van der Waals surface area contributed by atoms with Crippen molar-refractivity contribution < 1.29 is 29.1 Å². The van der Waals surface area contributed by atoms with Crippen LogP contribution in [0, 0.1) is 0 Å². The molecule has 0 aliphatic heterocycles. The highest BCUT2D eigenvalue weighted by molar-refractivity contribution is 6.12. The molecule has 0 saturated carbocycles. The second-order valence-corrected chi connectivity index (χ2v) is 10.3. The summed E-state index contributed by atoms with van der Waals surface area (Å²) in [5.41, 5.74) is -0.967. The Morgan fingerprint density at radius 1 is 0.447 bits per heavy atom. The van der Waals surface area contributed by atoms with Gasteiger partial charge in [-0.3, -0.25) is 0 Å². The molecule has 0 aliphatic carbocycles. The van der Waals surface area contributed by atoms with Gasteiger partial charge in [0.15, 0.2) is 17.5 Å². The lowest BCUT2D eigenvalue weighted by molar-refractivity contribution is 0.669. The van der Waals surface area contributed by atoms with Crippen molar-refractivity contribution in [3.8, 4) is 56.4 Å². The zero-order valence-corrected chi connectivity index (χ0v) is 23.9. The molecule has 0 atom stereocenters. The van der Waals surface area contributed by atoms with E-state index >= 15 is 0 Å². The molecule has 0 saturated heterocycles. The molecule has 4 heteroatoms. The standard InChI is InChI=1S/C43H27N3O/c1-3-11-28(12-4-1)30-21-22-32-26-35(24-23-31(32)25-30)43-45-41(29-13-5-2-6-14-29)44-42(46-43)34-16-9-15-33(27-34)36-18-10-20-39-40(36)37-17-7-8-19-38(37)47-39/h1-27H/i1D,3D,4D,7D,8D,10D,11D,12D,17D,18D,19D,20D,21D,22D,23D,24D,25D,26D. The summed E-state index contributed by atoms with van der Waals surface area (Å²) in [5.74, 6) is -0.334. The molecule has 2 heterocycles. The number of fused-ring (bicyclic) bond motifs is 4. The Labute approximate surface area is 297 Å². The van der Waals surface area contributed by atoms with Crippen LogP contribution in [0.1, 0.15) is 24.7 Å². The molecule has 2 aromatic heterocycles. The van der Waals surface area contributed by atoms with E-state index in [0.29, 0.717) is 5.56 Å². The van der Waals surface area contributed by atoms with Crippen LogP contribution in [0.4, 0.5) is 0 Å². The van der Waals surface area contributed by atoms with E-state index in [1.807, 2.05) is 0 Å². The van der Waals surface area contributed by atoms with Gasteiger partial charge in [0.1, 0.15) is 11.2 Å². The second-order valence-electron chi connectivity index (χ2n) is 10.3. The van der Waals surface area contributed by atoms with Crippen molar-refractivity contribution in [1.82, 2.24) is 15.0 Å². The molecule has 0 N–H and O–H groups in total. The van der Waals surface area contributed by atoms with Gasteiger partial charge in [0, 0.05) is 27.5 Å². The lowest BCUT2D eigenvalue weighted by atomic mass is 9.97. The van der Waals surface area contributed by atoms with E-state index in [0.717, 1.165) is 0 Å². The Kier molecular flexibility index (Phi) is 3.42. The molecule has 0 spiro atoms. The molecular formula is C43H27N3O. The van der Waals surface area contributed by atoms with Crippen molar-refractivity contribution in [3.05, 3.63) is 163 Å². The first kappa shape index (κ1) is 14.4. The number of rotatable bonds is 5. The first-order chi connectivity index (χ1) is 30.8. The zero-order valence-electron chi connectivity index (χ0n) is 41.9. The predicted octanol–water partition coefficient (Wildman–Crippen LogP) is 11.3. The Morgan fingerprint density at radius 2 is 1.09 bits per heavy atom. The van der Waals surface area contributed by atoms with E-state index in [1.54, 1.807) is 48.5 Å². The number of hydrogen-bond donors (Lipinski definition) is 0. The first-order valence-electron chi connectivity index (χ1n) is 23.2. The third-order valence-electron chi connectivity index (χ3n) is 7.37. The van der Waals surface area contributed by atoms with E-state index in [2.05, 4.69) is 9.97 Å². The van der Waals surface area contributed by atoms with E-state index in [9.17, 15) is 2.74 Å². The average Bonchev–Trinajstić information content (AvgIpc) is 3.70. The maximum atomic E-state index is 9.38. The zero-order chi connectivity index (χ0) is 46.8. The van der Waals surface area contributed by atoms with Crippen LogP contribution in [0.3, 0.4) is 0 Å². The Morgan fingerprint density at radius 3 is 1.91 bits per heavy atom. The fraction of sp³-hybridized carbons (Fsp3) is 0. The van der Waals surface area contributed by atoms with E-state index in [-0.39, 0.29) is 61.7 Å². The molecule has 7 aromatic carbocycles. The number of aromatic nitrogens is 3. The lowest BCUT2D eigenvalue weighted by Crippen LogP contribution is -2.00. The predicted molar refractivity (Wildman–Crippen MR) is 192 cm³/mol. The van der Waals surface area contributed by atoms with Gasteiger partial charge < -0.3 is 4.42 Å². The molecule has 0 fully saturated rings. The number of para-hydroxylation sites is 1. The first-order valence-corrected chi connectivity index (χ1v) is 14.2. The quantitative estimate of drug-likeness (QED) is 0.192. The Balaban J connectivity index is 1.30. The van der Waals surface area contributed by atoms with Crippen molar-refractivity contribution in [2.75, 3.05) is 0 Å². The molecule has 220 valence electrons.